The third-order valence-electron chi connectivity index (χ3n) is 2.56. The van der Waals surface area contributed by atoms with E-state index in [2.05, 4.69) is 0 Å². The maximum atomic E-state index is 11.6. The van der Waals surface area contributed by atoms with Gasteiger partial charge in [-0.2, -0.15) is 0 Å². The summed E-state index contributed by atoms with van der Waals surface area (Å²) >= 11 is 0. The Bertz CT molecular complexity index is 229. The molecule has 0 bridgehead atoms. The Morgan fingerprint density at radius 1 is 1.28 bits per heavy atom. The van der Waals surface area contributed by atoms with Crippen LogP contribution in [0.5, 0.6) is 0 Å². The number of aliphatic hydroxyl groups excluding tert-OH is 2. The van der Waals surface area contributed by atoms with Gasteiger partial charge in [0.05, 0.1) is 25.2 Å². The minimum atomic E-state index is -0.876. The highest BCUT2D eigenvalue weighted by Crippen LogP contribution is 2.21. The molecule has 0 amide bonds. The highest BCUT2D eigenvalue weighted by molar-refractivity contribution is 5.75. The lowest BCUT2D eigenvalue weighted by molar-refractivity contribution is -0.159. The first kappa shape index (κ1) is 17.3. The van der Waals surface area contributed by atoms with E-state index in [-0.39, 0.29) is 39.2 Å². The molecule has 18 heavy (non-hydrogen) atoms. The van der Waals surface area contributed by atoms with Crippen LogP contribution in [-0.4, -0.2) is 55.5 Å². The van der Waals surface area contributed by atoms with Crippen LogP contribution >= 0.6 is 0 Å². The second kappa shape index (κ2) is 9.27. The van der Waals surface area contributed by atoms with Crippen LogP contribution in [0, 0.1) is 5.41 Å². The van der Waals surface area contributed by atoms with Crippen molar-refractivity contribution in [2.45, 2.75) is 33.3 Å². The van der Waals surface area contributed by atoms with E-state index in [9.17, 15) is 9.90 Å². The van der Waals surface area contributed by atoms with Gasteiger partial charge in [0.2, 0.25) is 0 Å². The van der Waals surface area contributed by atoms with Gasteiger partial charge in [-0.1, -0.05) is 6.92 Å². The van der Waals surface area contributed by atoms with Gasteiger partial charge in [-0.25, -0.2) is 0 Å². The molecule has 0 radical (unpaired) electrons. The molecule has 0 heterocycles. The molecule has 108 valence electrons. The lowest BCUT2D eigenvalue weighted by Crippen LogP contribution is -2.31. The van der Waals surface area contributed by atoms with Crippen LogP contribution in [0.4, 0.5) is 0 Å². The second-order valence-corrected chi connectivity index (χ2v) is 4.61. The predicted octanol–water partition coefficient (Wildman–Crippen LogP) is 0.310. The van der Waals surface area contributed by atoms with Crippen LogP contribution in [0.1, 0.15) is 27.2 Å². The van der Waals surface area contributed by atoms with Gasteiger partial charge in [0, 0.05) is 0 Å². The lowest BCUT2D eigenvalue weighted by Gasteiger charge is -2.21. The normalized spacial score (nSPS) is 13.4. The molecule has 0 fully saturated rings. The molecule has 0 saturated carbocycles. The minimum absolute atomic E-state index is 0.00792. The van der Waals surface area contributed by atoms with Crippen LogP contribution in [-0.2, 0) is 19.0 Å². The van der Waals surface area contributed by atoms with Crippen molar-refractivity contribution >= 4 is 5.97 Å². The van der Waals surface area contributed by atoms with E-state index in [1.165, 1.54) is 0 Å². The van der Waals surface area contributed by atoms with Gasteiger partial charge in [-0.05, 0) is 20.3 Å². The van der Waals surface area contributed by atoms with Crippen molar-refractivity contribution in [1.82, 2.24) is 0 Å². The highest BCUT2D eigenvalue weighted by Gasteiger charge is 2.27. The van der Waals surface area contributed by atoms with Gasteiger partial charge >= 0.3 is 5.97 Å². The Balaban J connectivity index is 3.64. The van der Waals surface area contributed by atoms with E-state index in [1.807, 2.05) is 6.92 Å². The van der Waals surface area contributed by atoms with Crippen molar-refractivity contribution in [1.29, 1.82) is 0 Å². The summed E-state index contributed by atoms with van der Waals surface area (Å²) in [7, 11) is 0. The molecule has 1 atom stereocenters. The molecular formula is C12H24O6. The minimum Gasteiger partial charge on any atom is -0.462 e. The number of carbonyl (C=O) groups excluding carboxylic acids is 1. The highest BCUT2D eigenvalue weighted by atomic mass is 16.7. The summed E-state index contributed by atoms with van der Waals surface area (Å²) in [4.78, 5) is 11.6. The number of ether oxygens (including phenoxy) is 3. The summed E-state index contributed by atoms with van der Waals surface area (Å²) in [6, 6.07) is 0. The van der Waals surface area contributed by atoms with Crippen LogP contribution in [0.3, 0.4) is 0 Å². The summed E-state index contributed by atoms with van der Waals surface area (Å²) in [5.41, 5.74) is -0.537. The SMILES string of the molecule is CCC(C)(C)C(=O)OCC(O)COCOCCO. The van der Waals surface area contributed by atoms with E-state index in [4.69, 9.17) is 19.3 Å². The van der Waals surface area contributed by atoms with Crippen LogP contribution in [0.2, 0.25) is 0 Å². The summed E-state index contributed by atoms with van der Waals surface area (Å²) in [5.74, 6) is -0.333. The maximum Gasteiger partial charge on any atom is 0.311 e. The van der Waals surface area contributed by atoms with Crippen molar-refractivity contribution in [2.75, 3.05) is 33.2 Å². The molecular weight excluding hydrogens is 240 g/mol. The Hall–Kier alpha value is -0.690. The van der Waals surface area contributed by atoms with Gasteiger partial charge < -0.3 is 24.4 Å². The molecule has 0 spiro atoms. The van der Waals surface area contributed by atoms with Gasteiger partial charge in [0.25, 0.3) is 0 Å². The molecule has 2 N–H and O–H groups in total. The van der Waals surface area contributed by atoms with Crippen molar-refractivity contribution in [2.24, 2.45) is 5.41 Å². The van der Waals surface area contributed by atoms with E-state index >= 15 is 0 Å². The van der Waals surface area contributed by atoms with E-state index < -0.39 is 11.5 Å². The third-order valence-corrected chi connectivity index (χ3v) is 2.56. The predicted molar refractivity (Wildman–Crippen MR) is 64.9 cm³/mol. The quantitative estimate of drug-likeness (QED) is 0.335. The van der Waals surface area contributed by atoms with Gasteiger partial charge in [0.15, 0.2) is 0 Å². The topological polar surface area (TPSA) is 85.2 Å². The van der Waals surface area contributed by atoms with Crippen molar-refractivity contribution < 1.29 is 29.2 Å². The number of aliphatic hydroxyl groups is 2. The molecule has 0 aromatic rings. The number of hydrogen-bond acceptors (Lipinski definition) is 6. The van der Waals surface area contributed by atoms with Crippen molar-refractivity contribution in [3.63, 3.8) is 0 Å². The standard InChI is InChI=1S/C12H24O6/c1-4-12(2,3)11(15)18-8-10(14)7-17-9-16-6-5-13/h10,13-14H,4-9H2,1-3H3. The average molecular weight is 264 g/mol. The van der Waals surface area contributed by atoms with Crippen molar-refractivity contribution in [3.05, 3.63) is 0 Å². The zero-order valence-corrected chi connectivity index (χ0v) is 11.3. The number of hydrogen-bond donors (Lipinski definition) is 2. The molecule has 0 rings (SSSR count). The van der Waals surface area contributed by atoms with Crippen LogP contribution < -0.4 is 0 Å². The third kappa shape index (κ3) is 7.60. The van der Waals surface area contributed by atoms with E-state index in [1.54, 1.807) is 13.8 Å². The van der Waals surface area contributed by atoms with E-state index in [0.29, 0.717) is 6.42 Å². The van der Waals surface area contributed by atoms with Crippen LogP contribution in [0.15, 0.2) is 0 Å². The Kier molecular flexibility index (Phi) is 8.91. The van der Waals surface area contributed by atoms with Crippen LogP contribution in [0.25, 0.3) is 0 Å². The first-order valence-electron chi connectivity index (χ1n) is 6.05. The zero-order valence-electron chi connectivity index (χ0n) is 11.3. The molecule has 0 aromatic carbocycles. The van der Waals surface area contributed by atoms with Gasteiger partial charge in [0.1, 0.15) is 19.5 Å². The molecule has 0 saturated heterocycles. The number of esters is 1. The molecule has 0 aromatic heterocycles. The number of carbonyl (C=O) groups is 1. The summed E-state index contributed by atoms with van der Waals surface area (Å²) < 4.78 is 14.8. The lowest BCUT2D eigenvalue weighted by atomic mass is 9.91. The molecule has 6 heteroatoms. The summed E-state index contributed by atoms with van der Waals surface area (Å²) in [6.07, 6.45) is -0.202. The Morgan fingerprint density at radius 3 is 2.50 bits per heavy atom. The first-order valence-corrected chi connectivity index (χ1v) is 6.05. The average Bonchev–Trinajstić information content (AvgIpc) is 2.35. The smallest absolute Gasteiger partial charge is 0.311 e. The van der Waals surface area contributed by atoms with E-state index in [0.717, 1.165) is 0 Å². The largest absolute Gasteiger partial charge is 0.462 e. The molecule has 0 aliphatic heterocycles. The second-order valence-electron chi connectivity index (χ2n) is 4.61. The monoisotopic (exact) mass is 264 g/mol. The zero-order chi connectivity index (χ0) is 14.0. The number of rotatable bonds is 10. The fraction of sp³-hybridized carbons (Fsp3) is 0.917. The molecule has 0 aliphatic rings. The Morgan fingerprint density at radius 2 is 1.94 bits per heavy atom. The first-order chi connectivity index (χ1) is 8.44. The molecule has 1 unspecified atom stereocenters. The fourth-order valence-electron chi connectivity index (χ4n) is 0.926. The van der Waals surface area contributed by atoms with Gasteiger partial charge in [-0.15, -0.1) is 0 Å². The van der Waals surface area contributed by atoms with Gasteiger partial charge in [-0.3, -0.25) is 4.79 Å². The fourth-order valence-corrected chi connectivity index (χ4v) is 0.926. The maximum absolute atomic E-state index is 11.6. The van der Waals surface area contributed by atoms with Crippen molar-refractivity contribution in [3.8, 4) is 0 Å². The Labute approximate surface area is 108 Å². The summed E-state index contributed by atoms with van der Waals surface area (Å²) in [6.45, 7) is 5.52. The molecule has 6 nitrogen and oxygen atoms in total. The summed E-state index contributed by atoms with van der Waals surface area (Å²) in [5, 5.41) is 17.9. The molecule has 0 aliphatic carbocycles.